The van der Waals surface area contributed by atoms with Gasteiger partial charge in [0.1, 0.15) is 5.69 Å². The molecule has 3 heterocycles. The normalized spacial score (nSPS) is 19.6. The van der Waals surface area contributed by atoms with Gasteiger partial charge in [-0.25, -0.2) is 0 Å². The highest BCUT2D eigenvalue weighted by Crippen LogP contribution is 2.42. The van der Waals surface area contributed by atoms with Gasteiger partial charge >= 0.3 is 0 Å². The van der Waals surface area contributed by atoms with Crippen LogP contribution in [0, 0.1) is 0 Å². The second-order valence-electron chi connectivity index (χ2n) is 11.0. The topological polar surface area (TPSA) is 80.4 Å². The van der Waals surface area contributed by atoms with E-state index in [4.69, 9.17) is 5.73 Å². The van der Waals surface area contributed by atoms with Crippen molar-refractivity contribution in [2.45, 2.75) is 69.7 Å². The van der Waals surface area contributed by atoms with Crippen LogP contribution in [0.1, 0.15) is 64.2 Å². The zero-order chi connectivity index (χ0) is 27.7. The molecule has 1 fully saturated rings. The Morgan fingerprint density at radius 3 is 2.45 bits per heavy atom. The molecular formula is C32H35FN4O2S. The van der Waals surface area contributed by atoms with Crippen molar-refractivity contribution in [2.75, 3.05) is 6.67 Å². The van der Waals surface area contributed by atoms with Gasteiger partial charge in [-0.2, -0.15) is 0 Å². The Morgan fingerprint density at radius 1 is 1.02 bits per heavy atom. The molecule has 1 aliphatic carbocycles. The molecular weight excluding hydrogens is 523 g/mol. The number of alkyl halides is 1. The fourth-order valence-electron chi connectivity index (χ4n) is 6.29. The number of benzene rings is 2. The number of nitrogens with zero attached hydrogens (tertiary/aromatic N) is 2. The number of fused-ring (bicyclic) bond motifs is 3. The molecule has 0 spiro atoms. The minimum Gasteiger partial charge on any atom is -0.351 e. The summed E-state index contributed by atoms with van der Waals surface area (Å²) < 4.78 is 16.1. The van der Waals surface area contributed by atoms with Gasteiger partial charge < -0.3 is 20.5 Å². The number of halogens is 1. The maximum absolute atomic E-state index is 14.6. The Balaban J connectivity index is 1.51. The van der Waals surface area contributed by atoms with Gasteiger partial charge in [0.05, 0.1) is 23.4 Å². The summed E-state index contributed by atoms with van der Waals surface area (Å²) in [5.74, 6) is -0.337. The van der Waals surface area contributed by atoms with Crippen LogP contribution in [0.25, 0.3) is 10.2 Å². The summed E-state index contributed by atoms with van der Waals surface area (Å²) >= 11 is 1.52. The smallest absolute Gasteiger partial charge is 0.272 e. The van der Waals surface area contributed by atoms with Crippen LogP contribution < -0.4 is 11.1 Å². The Morgan fingerprint density at radius 2 is 1.75 bits per heavy atom. The molecule has 4 aromatic rings. The summed E-state index contributed by atoms with van der Waals surface area (Å²) in [5.41, 5.74) is 8.73. The first kappa shape index (κ1) is 26.7. The predicted molar refractivity (Wildman–Crippen MR) is 157 cm³/mol. The van der Waals surface area contributed by atoms with Crippen LogP contribution >= 0.6 is 11.3 Å². The number of carbonyl (C=O) groups is 2. The maximum Gasteiger partial charge on any atom is 0.272 e. The van der Waals surface area contributed by atoms with E-state index in [1.807, 2.05) is 71.3 Å². The summed E-state index contributed by atoms with van der Waals surface area (Å²) in [6.45, 7) is 0.577. The van der Waals surface area contributed by atoms with Crippen molar-refractivity contribution < 1.29 is 14.0 Å². The van der Waals surface area contributed by atoms with Crippen LogP contribution in [0.5, 0.6) is 0 Å². The summed E-state index contributed by atoms with van der Waals surface area (Å²) in [7, 11) is 0. The molecule has 2 aromatic heterocycles. The number of nitrogens with one attached hydrogen (secondary N) is 1. The molecule has 0 bridgehead atoms. The monoisotopic (exact) mass is 558 g/mol. The fraction of sp³-hybridized carbons (Fsp3) is 0.375. The average molecular weight is 559 g/mol. The lowest BCUT2D eigenvalue weighted by atomic mass is 9.83. The fourth-order valence-corrected chi connectivity index (χ4v) is 7.37. The van der Waals surface area contributed by atoms with Gasteiger partial charge in [-0.05, 0) is 41.7 Å². The molecule has 1 atom stereocenters. The van der Waals surface area contributed by atoms with Crippen molar-refractivity contribution in [1.82, 2.24) is 14.8 Å². The van der Waals surface area contributed by atoms with Crippen molar-refractivity contribution in [3.8, 4) is 0 Å². The number of hydrogen-bond donors (Lipinski definition) is 2. The maximum atomic E-state index is 14.6. The number of thiophene rings is 1. The van der Waals surface area contributed by atoms with Crippen LogP contribution in [0.3, 0.4) is 0 Å². The third kappa shape index (κ3) is 4.73. The molecule has 2 aliphatic rings. The van der Waals surface area contributed by atoms with E-state index in [-0.39, 0.29) is 30.9 Å². The molecule has 1 unspecified atom stereocenters. The summed E-state index contributed by atoms with van der Waals surface area (Å²) in [4.78, 5) is 31.8. The van der Waals surface area contributed by atoms with E-state index < -0.39 is 12.2 Å². The Bertz CT molecular complexity index is 1510. The van der Waals surface area contributed by atoms with E-state index in [1.165, 1.54) is 17.8 Å². The number of aromatic nitrogens is 1. The highest BCUT2D eigenvalue weighted by Gasteiger charge is 2.53. The number of carbonyl (C=O) groups excluding carboxylic acids is 2. The molecule has 6 rings (SSSR count). The molecule has 2 amide bonds. The van der Waals surface area contributed by atoms with Crippen molar-refractivity contribution in [1.29, 1.82) is 0 Å². The third-order valence-corrected chi connectivity index (χ3v) is 9.59. The first-order chi connectivity index (χ1) is 19.5. The second-order valence-corrected chi connectivity index (χ2v) is 12.1. The van der Waals surface area contributed by atoms with Gasteiger partial charge in [0.2, 0.25) is 0 Å². The van der Waals surface area contributed by atoms with E-state index in [9.17, 15) is 14.0 Å². The van der Waals surface area contributed by atoms with E-state index in [0.717, 1.165) is 57.5 Å². The number of rotatable bonds is 8. The van der Waals surface area contributed by atoms with E-state index in [1.54, 1.807) is 4.90 Å². The molecule has 1 saturated carbocycles. The minimum absolute atomic E-state index is 0.0889. The largest absolute Gasteiger partial charge is 0.351 e. The lowest BCUT2D eigenvalue weighted by molar-refractivity contribution is -0.136. The van der Waals surface area contributed by atoms with E-state index >= 15 is 0 Å². The van der Waals surface area contributed by atoms with Gasteiger partial charge in [-0.3, -0.25) is 14.0 Å². The molecule has 3 N–H and O–H groups in total. The highest BCUT2D eigenvalue weighted by molar-refractivity contribution is 7.19. The van der Waals surface area contributed by atoms with Gasteiger partial charge in [0, 0.05) is 30.4 Å². The quantitative estimate of drug-likeness (QED) is 0.292. The average Bonchev–Trinajstić information content (AvgIpc) is 3.54. The number of nitrogens with two attached hydrogens (primary N) is 1. The molecule has 1 aliphatic heterocycles. The van der Waals surface area contributed by atoms with Crippen LogP contribution in [0.15, 0.2) is 66.7 Å². The molecule has 0 saturated heterocycles. The van der Waals surface area contributed by atoms with Crippen LogP contribution in [0.2, 0.25) is 0 Å². The molecule has 0 radical (unpaired) electrons. The van der Waals surface area contributed by atoms with Crippen LogP contribution in [0.4, 0.5) is 4.39 Å². The van der Waals surface area contributed by atoms with E-state index in [2.05, 4.69) is 5.32 Å². The minimum atomic E-state index is -1.26. The standard InChI is InChI=1S/C32H35FN4O2S/c33-16-15-26-17-27-29(40-26)18-28-30(38)37(20-23-13-11-22(19-34)12-14-23)32(21-36(27)28,24-7-3-1-4-8-24)31(39)35-25-9-5-2-6-10-25/h1,3-4,7-8,11-14,17-18,25H,2,5-6,9-10,15-16,19-21,34H2,(H,35,39). The SMILES string of the molecule is NCc1ccc(CN2C(=O)c3cc4sc(CCF)cc4n3CC2(C(=O)NC2CCCCC2)c2ccccc2)cc1. The molecule has 208 valence electrons. The summed E-state index contributed by atoms with van der Waals surface area (Å²) in [5, 5.41) is 3.37. The van der Waals surface area contributed by atoms with Gasteiger partial charge in [0.15, 0.2) is 5.54 Å². The highest BCUT2D eigenvalue weighted by atomic mass is 32.1. The van der Waals surface area contributed by atoms with Crippen LogP contribution in [-0.2, 0) is 36.4 Å². The first-order valence-corrected chi connectivity index (χ1v) is 15.0. The predicted octanol–water partition coefficient (Wildman–Crippen LogP) is 5.67. The van der Waals surface area contributed by atoms with Gasteiger partial charge in [0.25, 0.3) is 11.8 Å². The lowest BCUT2D eigenvalue weighted by Crippen LogP contribution is -2.64. The van der Waals surface area contributed by atoms with Gasteiger partial charge in [-0.15, -0.1) is 11.3 Å². The number of hydrogen-bond acceptors (Lipinski definition) is 4. The zero-order valence-corrected chi connectivity index (χ0v) is 23.4. The van der Waals surface area contributed by atoms with Crippen molar-refractivity contribution in [3.05, 3.63) is 94.0 Å². The first-order valence-electron chi connectivity index (χ1n) is 14.2. The Hall–Kier alpha value is -3.49. The zero-order valence-electron chi connectivity index (χ0n) is 22.6. The summed E-state index contributed by atoms with van der Waals surface area (Å²) in [6, 6.07) is 21.6. The van der Waals surface area contributed by atoms with Crippen molar-refractivity contribution >= 4 is 33.4 Å². The summed E-state index contributed by atoms with van der Waals surface area (Å²) in [6.07, 6.45) is 5.60. The number of aryl methyl sites for hydroxylation is 1. The van der Waals surface area contributed by atoms with Crippen molar-refractivity contribution in [2.24, 2.45) is 5.73 Å². The van der Waals surface area contributed by atoms with Gasteiger partial charge in [-0.1, -0.05) is 73.9 Å². The Kier molecular flexibility index (Phi) is 7.47. The molecule has 8 heteroatoms. The Labute approximate surface area is 238 Å². The molecule has 2 aromatic carbocycles. The number of amides is 2. The third-order valence-electron chi connectivity index (χ3n) is 8.46. The van der Waals surface area contributed by atoms with E-state index in [0.29, 0.717) is 18.7 Å². The molecule has 40 heavy (non-hydrogen) atoms. The molecule has 6 nitrogen and oxygen atoms in total. The lowest BCUT2D eigenvalue weighted by Gasteiger charge is -2.47. The van der Waals surface area contributed by atoms with Crippen LogP contribution in [-0.4, -0.2) is 34.0 Å². The second kappa shape index (κ2) is 11.2. The van der Waals surface area contributed by atoms with Crippen molar-refractivity contribution in [3.63, 3.8) is 0 Å².